The molecule has 0 fully saturated rings. The molecule has 8 nitrogen and oxygen atoms in total. The Morgan fingerprint density at radius 3 is 2.39 bits per heavy atom. The molecule has 0 bridgehead atoms. The molecule has 0 saturated carbocycles. The van der Waals surface area contributed by atoms with Crippen LogP contribution in [0.2, 0.25) is 5.02 Å². The number of likely N-dealkylation sites (N-methyl/N-ethyl adjacent to an activating group) is 1. The normalized spacial score (nSPS) is 10.1. The predicted molar refractivity (Wildman–Crippen MR) is 103 cm³/mol. The topological polar surface area (TPSA) is 108 Å². The van der Waals surface area contributed by atoms with Crippen molar-refractivity contribution >= 4 is 35.1 Å². The van der Waals surface area contributed by atoms with E-state index in [2.05, 4.69) is 0 Å². The average Bonchev–Trinajstić information content (AvgIpc) is 2.70. The van der Waals surface area contributed by atoms with E-state index in [1.807, 2.05) is 6.07 Å². The van der Waals surface area contributed by atoms with Gasteiger partial charge in [0, 0.05) is 12.7 Å². The molecular weight excluding hydrogens is 388 g/mol. The highest BCUT2D eigenvalue weighted by atomic mass is 35.5. The third kappa shape index (κ3) is 5.37. The number of halogens is 1. The molecular formula is C19H19ClN2O6. The molecule has 0 heterocycles. The fourth-order valence-electron chi connectivity index (χ4n) is 2.22. The number of nitrogens with zero attached hydrogens (tertiary/aromatic N) is 1. The summed E-state index contributed by atoms with van der Waals surface area (Å²) in [5.41, 5.74) is 5.77. The van der Waals surface area contributed by atoms with Crippen LogP contribution in [0.4, 0.5) is 5.69 Å². The van der Waals surface area contributed by atoms with Crippen molar-refractivity contribution in [3.63, 3.8) is 0 Å². The molecule has 2 N–H and O–H groups in total. The first-order chi connectivity index (χ1) is 13.3. The fourth-order valence-corrected chi connectivity index (χ4v) is 2.49. The van der Waals surface area contributed by atoms with E-state index in [1.54, 1.807) is 31.3 Å². The number of esters is 1. The first-order valence-electron chi connectivity index (χ1n) is 8.10. The Morgan fingerprint density at radius 2 is 1.79 bits per heavy atom. The molecule has 9 heteroatoms. The van der Waals surface area contributed by atoms with Crippen LogP contribution in [0, 0.1) is 0 Å². The summed E-state index contributed by atoms with van der Waals surface area (Å²) in [7, 11) is 2.92. The number of hydrogen-bond acceptors (Lipinski definition) is 6. The summed E-state index contributed by atoms with van der Waals surface area (Å²) in [6.45, 7) is -0.857. The maximum atomic E-state index is 12.3. The second-order valence-electron chi connectivity index (χ2n) is 5.61. The zero-order valence-electron chi connectivity index (χ0n) is 15.3. The van der Waals surface area contributed by atoms with Gasteiger partial charge in [-0.3, -0.25) is 9.59 Å². The summed E-state index contributed by atoms with van der Waals surface area (Å²) in [5.74, 6) is -1.68. The number of carbonyl (C=O) groups excluding carboxylic acids is 3. The van der Waals surface area contributed by atoms with Gasteiger partial charge in [-0.25, -0.2) is 4.79 Å². The molecule has 2 amide bonds. The number of rotatable bonds is 8. The van der Waals surface area contributed by atoms with Crippen molar-refractivity contribution in [2.24, 2.45) is 5.73 Å². The number of anilines is 1. The van der Waals surface area contributed by atoms with Gasteiger partial charge in [-0.2, -0.15) is 0 Å². The van der Waals surface area contributed by atoms with Crippen molar-refractivity contribution in [1.82, 2.24) is 0 Å². The van der Waals surface area contributed by atoms with Gasteiger partial charge < -0.3 is 24.8 Å². The lowest BCUT2D eigenvalue weighted by atomic mass is 10.2. The van der Waals surface area contributed by atoms with Crippen molar-refractivity contribution in [3.8, 4) is 11.5 Å². The molecule has 0 aromatic heterocycles. The Morgan fingerprint density at radius 1 is 1.11 bits per heavy atom. The molecule has 0 atom stereocenters. The monoisotopic (exact) mass is 406 g/mol. The summed E-state index contributed by atoms with van der Waals surface area (Å²) >= 11 is 6.09. The summed E-state index contributed by atoms with van der Waals surface area (Å²) in [4.78, 5) is 36.7. The molecule has 0 spiro atoms. The molecule has 0 aliphatic heterocycles. The first-order valence-corrected chi connectivity index (χ1v) is 8.48. The Hall–Kier alpha value is -3.26. The van der Waals surface area contributed by atoms with Crippen LogP contribution in [0.15, 0.2) is 42.5 Å². The van der Waals surface area contributed by atoms with E-state index < -0.39 is 31.0 Å². The van der Waals surface area contributed by atoms with Gasteiger partial charge in [-0.05, 0) is 24.3 Å². The van der Waals surface area contributed by atoms with E-state index in [0.29, 0.717) is 5.69 Å². The molecule has 0 saturated heterocycles. The molecule has 28 heavy (non-hydrogen) atoms. The van der Waals surface area contributed by atoms with Crippen LogP contribution in [0.5, 0.6) is 11.5 Å². The summed E-state index contributed by atoms with van der Waals surface area (Å²) in [6.07, 6.45) is 0. The number of primary amides is 1. The van der Waals surface area contributed by atoms with E-state index >= 15 is 0 Å². The second kappa shape index (κ2) is 9.61. The lowest BCUT2D eigenvalue weighted by Gasteiger charge is -2.17. The number of para-hydroxylation sites is 1. The van der Waals surface area contributed by atoms with Crippen LogP contribution in [-0.2, 0) is 14.3 Å². The minimum absolute atomic E-state index is 0.0280. The van der Waals surface area contributed by atoms with Crippen LogP contribution >= 0.6 is 11.6 Å². The molecule has 0 aliphatic carbocycles. The van der Waals surface area contributed by atoms with E-state index in [4.69, 9.17) is 31.5 Å². The molecule has 2 aromatic carbocycles. The van der Waals surface area contributed by atoms with E-state index in [0.717, 1.165) is 0 Å². The number of nitrogens with two attached hydrogens (primary N) is 1. The van der Waals surface area contributed by atoms with Gasteiger partial charge in [0.25, 0.3) is 11.8 Å². The standard InChI is InChI=1S/C19H19ClN2O6/c1-22(13-6-4-3-5-7-13)17(24)11-28-19(25)12-8-14(20)18(15(9-12)26-2)27-10-16(21)23/h3-9H,10-11H2,1-2H3,(H2,21,23). The summed E-state index contributed by atoms with van der Waals surface area (Å²) in [5, 5.41) is 0.0280. The van der Waals surface area contributed by atoms with Gasteiger partial charge in [-0.1, -0.05) is 29.8 Å². The Balaban J connectivity index is 2.06. The number of benzene rings is 2. The number of methoxy groups -OCH3 is 1. The smallest absolute Gasteiger partial charge is 0.338 e. The first kappa shape index (κ1) is 21.0. The maximum absolute atomic E-state index is 12.3. The van der Waals surface area contributed by atoms with Crippen LogP contribution in [0.25, 0.3) is 0 Å². The van der Waals surface area contributed by atoms with Gasteiger partial charge in [0.05, 0.1) is 17.7 Å². The number of carbonyl (C=O) groups is 3. The second-order valence-corrected chi connectivity index (χ2v) is 6.02. The minimum Gasteiger partial charge on any atom is -0.493 e. The minimum atomic E-state index is -0.767. The maximum Gasteiger partial charge on any atom is 0.338 e. The van der Waals surface area contributed by atoms with Gasteiger partial charge in [0.1, 0.15) is 0 Å². The average molecular weight is 407 g/mol. The largest absolute Gasteiger partial charge is 0.493 e. The Labute approximate surface area is 166 Å². The lowest BCUT2D eigenvalue weighted by molar-refractivity contribution is -0.121. The molecule has 2 rings (SSSR count). The lowest BCUT2D eigenvalue weighted by Crippen LogP contribution is -2.31. The summed E-state index contributed by atoms with van der Waals surface area (Å²) < 4.78 is 15.4. The number of amides is 2. The third-order valence-corrected chi connectivity index (χ3v) is 3.95. The molecule has 0 aliphatic rings. The highest BCUT2D eigenvalue weighted by Crippen LogP contribution is 2.36. The predicted octanol–water partition coefficient (Wildman–Crippen LogP) is 2.03. The van der Waals surface area contributed by atoms with Crippen LogP contribution in [0.3, 0.4) is 0 Å². The van der Waals surface area contributed by atoms with Gasteiger partial charge in [0.2, 0.25) is 0 Å². The molecule has 0 unspecified atom stereocenters. The molecule has 2 aromatic rings. The van der Waals surface area contributed by atoms with Crippen LogP contribution < -0.4 is 20.1 Å². The van der Waals surface area contributed by atoms with Crippen molar-refractivity contribution < 1.29 is 28.6 Å². The van der Waals surface area contributed by atoms with Crippen molar-refractivity contribution in [3.05, 3.63) is 53.1 Å². The Bertz CT molecular complexity index is 872. The quantitative estimate of drug-likeness (QED) is 0.672. The molecule has 0 radical (unpaired) electrons. The van der Waals surface area contributed by atoms with E-state index in [1.165, 1.54) is 24.1 Å². The Kier molecular flexibility index (Phi) is 7.22. The summed E-state index contributed by atoms with van der Waals surface area (Å²) in [6, 6.07) is 11.5. The number of hydrogen-bond donors (Lipinski definition) is 1. The van der Waals surface area contributed by atoms with Gasteiger partial charge >= 0.3 is 5.97 Å². The zero-order valence-corrected chi connectivity index (χ0v) is 16.1. The van der Waals surface area contributed by atoms with E-state index in [-0.39, 0.29) is 22.1 Å². The highest BCUT2D eigenvalue weighted by Gasteiger charge is 2.19. The van der Waals surface area contributed by atoms with Crippen LogP contribution in [-0.4, -0.2) is 45.2 Å². The van der Waals surface area contributed by atoms with Gasteiger partial charge in [-0.15, -0.1) is 0 Å². The zero-order chi connectivity index (χ0) is 20.7. The SMILES string of the molecule is COc1cc(C(=O)OCC(=O)N(C)c2ccccc2)cc(Cl)c1OCC(N)=O. The van der Waals surface area contributed by atoms with Crippen LogP contribution in [0.1, 0.15) is 10.4 Å². The van der Waals surface area contributed by atoms with Crippen molar-refractivity contribution in [2.45, 2.75) is 0 Å². The molecule has 148 valence electrons. The third-order valence-electron chi connectivity index (χ3n) is 3.67. The van der Waals surface area contributed by atoms with Crippen molar-refractivity contribution in [2.75, 3.05) is 32.3 Å². The van der Waals surface area contributed by atoms with Crippen molar-refractivity contribution in [1.29, 1.82) is 0 Å². The fraction of sp³-hybridized carbons (Fsp3) is 0.211. The highest BCUT2D eigenvalue weighted by molar-refractivity contribution is 6.32. The number of ether oxygens (including phenoxy) is 3. The van der Waals surface area contributed by atoms with E-state index in [9.17, 15) is 14.4 Å². The van der Waals surface area contributed by atoms with Gasteiger partial charge in [0.15, 0.2) is 24.7 Å².